The molecule has 0 spiro atoms. The van der Waals surface area contributed by atoms with E-state index < -0.39 is 5.63 Å². The normalized spacial score (nSPS) is 16.2. The molecule has 0 saturated heterocycles. The van der Waals surface area contributed by atoms with Crippen molar-refractivity contribution in [2.45, 2.75) is 4.90 Å². The van der Waals surface area contributed by atoms with Crippen LogP contribution in [0.1, 0.15) is 11.3 Å². The standard InChI is InChI=1S/C12H8NO2S/c1-16-11-6-10(8-4-2-3-5-8)15-12(14)9(11)7-13/h2-6H,1H3. The highest BCUT2D eigenvalue weighted by Gasteiger charge is 2.23. The molecule has 16 heavy (non-hydrogen) atoms. The maximum atomic E-state index is 11.5. The molecule has 1 fully saturated rings. The van der Waals surface area contributed by atoms with E-state index in [2.05, 4.69) is 0 Å². The summed E-state index contributed by atoms with van der Waals surface area (Å²) in [6, 6.07) is 3.58. The van der Waals surface area contributed by atoms with Crippen molar-refractivity contribution in [1.82, 2.24) is 0 Å². The Balaban J connectivity index is 2.46. The van der Waals surface area contributed by atoms with Crippen LogP contribution in [-0.4, -0.2) is 6.26 Å². The van der Waals surface area contributed by atoms with Crippen molar-refractivity contribution < 1.29 is 4.42 Å². The predicted octanol–water partition coefficient (Wildman–Crippen LogP) is 1.99. The molecule has 5 radical (unpaired) electrons. The van der Waals surface area contributed by atoms with Crippen molar-refractivity contribution in [1.29, 1.82) is 5.26 Å². The Morgan fingerprint density at radius 2 is 2.06 bits per heavy atom. The quantitative estimate of drug-likeness (QED) is 0.729. The van der Waals surface area contributed by atoms with E-state index in [1.807, 2.05) is 38.0 Å². The van der Waals surface area contributed by atoms with Gasteiger partial charge < -0.3 is 4.42 Å². The van der Waals surface area contributed by atoms with Gasteiger partial charge in [-0.25, -0.2) is 4.79 Å². The topological polar surface area (TPSA) is 54.0 Å². The summed E-state index contributed by atoms with van der Waals surface area (Å²) in [4.78, 5) is 12.2. The largest absolute Gasteiger partial charge is 0.426 e. The second-order valence-electron chi connectivity index (χ2n) is 3.13. The number of thioether (sulfide) groups is 1. The van der Waals surface area contributed by atoms with Gasteiger partial charge in [0.15, 0.2) is 5.56 Å². The van der Waals surface area contributed by atoms with Gasteiger partial charge in [-0.05, 0) is 38.0 Å². The van der Waals surface area contributed by atoms with Gasteiger partial charge in [0.05, 0.1) is 0 Å². The van der Waals surface area contributed by atoms with E-state index in [4.69, 9.17) is 9.68 Å². The van der Waals surface area contributed by atoms with Crippen molar-refractivity contribution in [3.05, 3.63) is 59.4 Å². The summed E-state index contributed by atoms with van der Waals surface area (Å²) in [7, 11) is 0. The molecule has 4 heteroatoms. The van der Waals surface area contributed by atoms with Crippen LogP contribution in [0.25, 0.3) is 0 Å². The lowest BCUT2D eigenvalue weighted by Gasteiger charge is -2.07. The Labute approximate surface area is 98.5 Å². The van der Waals surface area contributed by atoms with E-state index in [9.17, 15) is 4.79 Å². The van der Waals surface area contributed by atoms with E-state index in [-0.39, 0.29) is 5.56 Å². The molecular formula is C12H8NO2S. The third-order valence-electron chi connectivity index (χ3n) is 2.19. The Hall–Kier alpha value is -1.21. The first-order chi connectivity index (χ1) is 7.76. The van der Waals surface area contributed by atoms with Crippen molar-refractivity contribution in [2.24, 2.45) is 0 Å². The minimum Gasteiger partial charge on any atom is -0.426 e. The summed E-state index contributed by atoms with van der Waals surface area (Å²) in [6.45, 7) is 0. The molecule has 0 amide bonds. The molecule has 0 bridgehead atoms. The lowest BCUT2D eigenvalue weighted by Crippen LogP contribution is -2.09. The van der Waals surface area contributed by atoms with Crippen LogP contribution >= 0.6 is 11.8 Å². The zero-order valence-corrected chi connectivity index (χ0v) is 9.38. The molecule has 0 aliphatic heterocycles. The van der Waals surface area contributed by atoms with Crippen molar-refractivity contribution in [3.63, 3.8) is 0 Å². The fraction of sp³-hybridized carbons (Fsp3) is 0.0833. The van der Waals surface area contributed by atoms with Crippen molar-refractivity contribution in [2.75, 3.05) is 6.26 Å². The van der Waals surface area contributed by atoms with Crippen molar-refractivity contribution in [3.8, 4) is 6.07 Å². The van der Waals surface area contributed by atoms with E-state index in [0.29, 0.717) is 10.7 Å². The molecule has 1 aliphatic rings. The lowest BCUT2D eigenvalue weighted by atomic mass is 10.0. The van der Waals surface area contributed by atoms with Crippen LogP contribution in [0.2, 0.25) is 0 Å². The summed E-state index contributed by atoms with van der Waals surface area (Å²) in [6.07, 6.45) is 9.27. The van der Waals surface area contributed by atoms with Gasteiger partial charge >= 0.3 is 5.63 Å². The SMILES string of the molecule is CSc1cc([C]2[CH][CH][CH][CH]2)oc(=O)c1C#N. The van der Waals surface area contributed by atoms with Crippen LogP contribution in [-0.2, 0) is 0 Å². The van der Waals surface area contributed by atoms with Crippen molar-refractivity contribution >= 4 is 11.8 Å². The van der Waals surface area contributed by atoms with Crippen LogP contribution in [0.5, 0.6) is 0 Å². The molecule has 1 aromatic heterocycles. The summed E-state index contributed by atoms with van der Waals surface area (Å²) in [5.74, 6) is 1.34. The van der Waals surface area contributed by atoms with Crippen LogP contribution in [0.15, 0.2) is 20.2 Å². The zero-order valence-electron chi connectivity index (χ0n) is 8.56. The molecule has 79 valence electrons. The summed E-state index contributed by atoms with van der Waals surface area (Å²) < 4.78 is 5.09. The number of nitrogens with zero attached hydrogens (tertiary/aromatic N) is 1. The molecule has 0 atom stereocenters. The number of hydrogen-bond acceptors (Lipinski definition) is 4. The fourth-order valence-electron chi connectivity index (χ4n) is 1.41. The molecular weight excluding hydrogens is 222 g/mol. The minimum absolute atomic E-state index is 0.0720. The Morgan fingerprint density at radius 3 is 2.62 bits per heavy atom. The van der Waals surface area contributed by atoms with Crippen LogP contribution < -0.4 is 5.63 Å². The fourth-order valence-corrected chi connectivity index (χ4v) is 1.97. The van der Waals surface area contributed by atoms with Gasteiger partial charge in [0.1, 0.15) is 11.8 Å². The third kappa shape index (κ3) is 2.00. The van der Waals surface area contributed by atoms with Crippen LogP contribution in [0, 0.1) is 42.9 Å². The molecule has 1 saturated carbocycles. The number of nitriles is 1. The highest BCUT2D eigenvalue weighted by atomic mass is 32.2. The zero-order chi connectivity index (χ0) is 11.5. The maximum absolute atomic E-state index is 11.5. The Bertz CT molecular complexity index is 481. The van der Waals surface area contributed by atoms with Crippen LogP contribution in [0.4, 0.5) is 0 Å². The third-order valence-corrected chi connectivity index (χ3v) is 2.96. The van der Waals surface area contributed by atoms with Gasteiger partial charge in [-0.15, -0.1) is 11.8 Å². The summed E-state index contributed by atoms with van der Waals surface area (Å²) in [5.41, 5.74) is -0.506. The van der Waals surface area contributed by atoms with Gasteiger partial charge in [-0.3, -0.25) is 0 Å². The monoisotopic (exact) mass is 230 g/mol. The molecule has 3 nitrogen and oxygen atoms in total. The Kier molecular flexibility index (Phi) is 3.35. The van der Waals surface area contributed by atoms with E-state index >= 15 is 0 Å². The first kappa shape index (κ1) is 11.3. The molecule has 0 aromatic carbocycles. The second-order valence-corrected chi connectivity index (χ2v) is 3.97. The highest BCUT2D eigenvalue weighted by Crippen LogP contribution is 2.31. The smallest absolute Gasteiger partial charge is 0.355 e. The van der Waals surface area contributed by atoms with Gasteiger partial charge in [0.25, 0.3) is 0 Å². The van der Waals surface area contributed by atoms with Gasteiger partial charge in [0.2, 0.25) is 0 Å². The van der Waals surface area contributed by atoms with Crippen LogP contribution in [0.3, 0.4) is 0 Å². The molecule has 1 aromatic rings. The molecule has 1 heterocycles. The summed E-state index contributed by atoms with van der Waals surface area (Å²) >= 11 is 1.36. The van der Waals surface area contributed by atoms with E-state index in [1.54, 1.807) is 6.07 Å². The average molecular weight is 230 g/mol. The van der Waals surface area contributed by atoms with Gasteiger partial charge in [0, 0.05) is 10.8 Å². The highest BCUT2D eigenvalue weighted by molar-refractivity contribution is 7.98. The molecule has 1 aliphatic carbocycles. The Morgan fingerprint density at radius 1 is 1.38 bits per heavy atom. The second kappa shape index (κ2) is 4.75. The average Bonchev–Trinajstić information content (AvgIpc) is 2.81. The van der Waals surface area contributed by atoms with E-state index in [0.717, 1.165) is 5.92 Å². The maximum Gasteiger partial charge on any atom is 0.355 e. The first-order valence-electron chi connectivity index (χ1n) is 4.60. The van der Waals surface area contributed by atoms with Gasteiger partial charge in [-0.1, -0.05) is 0 Å². The molecule has 0 N–H and O–H groups in total. The lowest BCUT2D eigenvalue weighted by molar-refractivity contribution is 0.472. The summed E-state index contributed by atoms with van der Waals surface area (Å²) in [5, 5.41) is 8.83. The number of rotatable bonds is 2. The predicted molar refractivity (Wildman–Crippen MR) is 61.0 cm³/mol. The first-order valence-corrected chi connectivity index (χ1v) is 5.83. The van der Waals surface area contributed by atoms with Gasteiger partial charge in [-0.2, -0.15) is 5.26 Å². The molecule has 0 unspecified atom stereocenters. The molecule has 2 rings (SSSR count). The minimum atomic E-state index is -0.578. The number of hydrogen-bond donors (Lipinski definition) is 0. The van der Waals surface area contributed by atoms with E-state index in [1.165, 1.54) is 11.8 Å².